The molecular formula is C19H30N2O5S. The first-order valence-electron chi connectivity index (χ1n) is 9.34. The van der Waals surface area contributed by atoms with Crippen molar-refractivity contribution in [3.63, 3.8) is 0 Å². The summed E-state index contributed by atoms with van der Waals surface area (Å²) in [6.07, 6.45) is 7.87. The molecule has 1 aromatic carbocycles. The summed E-state index contributed by atoms with van der Waals surface area (Å²) in [5, 5.41) is 3.05. The number of rotatable bonds is 8. The summed E-state index contributed by atoms with van der Waals surface area (Å²) in [4.78, 5) is 12.4. The molecule has 0 atom stereocenters. The second-order valence-corrected chi connectivity index (χ2v) is 8.79. The minimum atomic E-state index is -3.59. The summed E-state index contributed by atoms with van der Waals surface area (Å²) in [6.45, 7) is 0.0426. The van der Waals surface area contributed by atoms with Gasteiger partial charge in [-0.05, 0) is 25.0 Å². The van der Waals surface area contributed by atoms with Gasteiger partial charge in [0.05, 0.1) is 26.2 Å². The van der Waals surface area contributed by atoms with Crippen LogP contribution in [0.5, 0.6) is 11.5 Å². The number of ether oxygens (including phenoxy) is 2. The first-order valence-corrected chi connectivity index (χ1v) is 11.2. The standard InChI is InChI=1S/C19H30N2O5S/c1-25-16-10-11-18(26-2)17(14-16)21(27(3,23)24)13-12-19(22)20-15-8-6-4-5-7-9-15/h10-11,14-15H,4-9,12-13H2,1-3H3,(H,20,22). The van der Waals surface area contributed by atoms with E-state index in [0.29, 0.717) is 17.2 Å². The van der Waals surface area contributed by atoms with E-state index in [4.69, 9.17) is 9.47 Å². The first-order chi connectivity index (χ1) is 12.8. The third-order valence-electron chi connectivity index (χ3n) is 4.82. The first kappa shape index (κ1) is 21.3. The second-order valence-electron chi connectivity index (χ2n) is 6.88. The van der Waals surface area contributed by atoms with Crippen molar-refractivity contribution in [1.29, 1.82) is 0 Å². The number of carbonyl (C=O) groups is 1. The number of amides is 1. The number of carbonyl (C=O) groups excluding carboxylic acids is 1. The Bertz CT molecular complexity index is 728. The fraction of sp³-hybridized carbons (Fsp3) is 0.632. The molecule has 0 aliphatic heterocycles. The number of methoxy groups -OCH3 is 2. The lowest BCUT2D eigenvalue weighted by Gasteiger charge is -2.25. The molecule has 0 unspecified atom stereocenters. The summed E-state index contributed by atoms with van der Waals surface area (Å²) in [6, 6.07) is 5.14. The quantitative estimate of drug-likeness (QED) is 0.681. The van der Waals surface area contributed by atoms with E-state index in [2.05, 4.69) is 5.32 Å². The van der Waals surface area contributed by atoms with Crippen LogP contribution in [0.15, 0.2) is 18.2 Å². The smallest absolute Gasteiger partial charge is 0.232 e. The zero-order valence-electron chi connectivity index (χ0n) is 16.4. The summed E-state index contributed by atoms with van der Waals surface area (Å²) in [5.41, 5.74) is 0.363. The van der Waals surface area contributed by atoms with E-state index in [1.807, 2.05) is 0 Å². The molecule has 1 N–H and O–H groups in total. The number of sulfonamides is 1. The molecule has 1 saturated carbocycles. The third-order valence-corrected chi connectivity index (χ3v) is 6.00. The normalized spacial score (nSPS) is 15.7. The van der Waals surface area contributed by atoms with Crippen LogP contribution in [0.2, 0.25) is 0 Å². The molecule has 1 amide bonds. The second kappa shape index (κ2) is 9.82. The Balaban J connectivity index is 2.10. The van der Waals surface area contributed by atoms with E-state index in [9.17, 15) is 13.2 Å². The van der Waals surface area contributed by atoms with Crippen molar-refractivity contribution in [2.45, 2.75) is 51.0 Å². The average molecular weight is 399 g/mol. The number of anilines is 1. The van der Waals surface area contributed by atoms with Gasteiger partial charge in [-0.25, -0.2) is 8.42 Å². The molecule has 7 nitrogen and oxygen atoms in total. The molecule has 8 heteroatoms. The van der Waals surface area contributed by atoms with Gasteiger partial charge in [0.25, 0.3) is 0 Å². The number of hydrogen-bond acceptors (Lipinski definition) is 5. The third kappa shape index (κ3) is 6.30. The van der Waals surface area contributed by atoms with E-state index in [-0.39, 0.29) is 24.9 Å². The predicted octanol–water partition coefficient (Wildman–Crippen LogP) is 2.70. The summed E-state index contributed by atoms with van der Waals surface area (Å²) in [5.74, 6) is 0.796. The Morgan fingerprint density at radius 3 is 2.37 bits per heavy atom. The number of benzene rings is 1. The monoisotopic (exact) mass is 398 g/mol. The highest BCUT2D eigenvalue weighted by Crippen LogP contribution is 2.33. The zero-order valence-corrected chi connectivity index (χ0v) is 17.2. The van der Waals surface area contributed by atoms with Gasteiger partial charge < -0.3 is 14.8 Å². The van der Waals surface area contributed by atoms with E-state index in [0.717, 1.165) is 31.9 Å². The molecule has 1 fully saturated rings. The topological polar surface area (TPSA) is 84.9 Å². The maximum atomic E-state index is 12.4. The molecule has 1 aliphatic carbocycles. The van der Waals surface area contributed by atoms with Crippen molar-refractivity contribution < 1.29 is 22.7 Å². The molecule has 0 radical (unpaired) electrons. The van der Waals surface area contributed by atoms with E-state index in [1.165, 1.54) is 31.4 Å². The molecule has 0 spiro atoms. The van der Waals surface area contributed by atoms with Gasteiger partial charge in [0.1, 0.15) is 11.5 Å². The van der Waals surface area contributed by atoms with E-state index in [1.54, 1.807) is 18.2 Å². The highest BCUT2D eigenvalue weighted by Gasteiger charge is 2.23. The Kier molecular flexibility index (Phi) is 7.77. The van der Waals surface area contributed by atoms with Crippen LogP contribution in [0.25, 0.3) is 0 Å². The highest BCUT2D eigenvalue weighted by atomic mass is 32.2. The van der Waals surface area contributed by atoms with Crippen molar-refractivity contribution in [2.75, 3.05) is 31.3 Å². The van der Waals surface area contributed by atoms with Gasteiger partial charge in [0.2, 0.25) is 15.9 Å². The van der Waals surface area contributed by atoms with Gasteiger partial charge in [-0.3, -0.25) is 9.10 Å². The lowest BCUT2D eigenvalue weighted by Crippen LogP contribution is -2.38. The molecular weight excluding hydrogens is 368 g/mol. The molecule has 1 aliphatic rings. The van der Waals surface area contributed by atoms with Crippen molar-refractivity contribution >= 4 is 21.6 Å². The van der Waals surface area contributed by atoms with Crippen LogP contribution < -0.4 is 19.1 Å². The van der Waals surface area contributed by atoms with Gasteiger partial charge >= 0.3 is 0 Å². The minimum Gasteiger partial charge on any atom is -0.497 e. The molecule has 1 aromatic rings. The van der Waals surface area contributed by atoms with Crippen molar-refractivity contribution in [3.05, 3.63) is 18.2 Å². The molecule has 0 aromatic heterocycles. The lowest BCUT2D eigenvalue weighted by atomic mass is 10.1. The lowest BCUT2D eigenvalue weighted by molar-refractivity contribution is -0.121. The SMILES string of the molecule is COc1ccc(OC)c(N(CCC(=O)NC2CCCCCC2)S(C)(=O)=O)c1. The van der Waals surface area contributed by atoms with Crippen LogP contribution in [0.4, 0.5) is 5.69 Å². The Hall–Kier alpha value is -1.96. The van der Waals surface area contributed by atoms with Gasteiger partial charge in [-0.1, -0.05) is 25.7 Å². The highest BCUT2D eigenvalue weighted by molar-refractivity contribution is 7.92. The summed E-state index contributed by atoms with van der Waals surface area (Å²) in [7, 11) is -0.605. The van der Waals surface area contributed by atoms with E-state index >= 15 is 0 Å². The molecule has 0 heterocycles. The summed E-state index contributed by atoms with van der Waals surface area (Å²) < 4.78 is 36.4. The van der Waals surface area contributed by atoms with Crippen molar-refractivity contribution in [1.82, 2.24) is 5.32 Å². The fourth-order valence-electron chi connectivity index (χ4n) is 3.38. The van der Waals surface area contributed by atoms with Gasteiger partial charge in [0, 0.05) is 25.1 Å². The molecule has 0 bridgehead atoms. The van der Waals surface area contributed by atoms with Gasteiger partial charge in [-0.15, -0.1) is 0 Å². The molecule has 152 valence electrons. The van der Waals surface area contributed by atoms with Crippen LogP contribution in [-0.4, -0.2) is 47.4 Å². The van der Waals surface area contributed by atoms with Crippen LogP contribution in [0.1, 0.15) is 44.9 Å². The Morgan fingerprint density at radius 2 is 1.81 bits per heavy atom. The van der Waals surface area contributed by atoms with Gasteiger partial charge in [0.15, 0.2) is 0 Å². The molecule has 0 saturated heterocycles. The minimum absolute atomic E-state index is 0.0426. The Labute approximate surface area is 162 Å². The number of nitrogens with zero attached hydrogens (tertiary/aromatic N) is 1. The number of hydrogen-bond donors (Lipinski definition) is 1. The van der Waals surface area contributed by atoms with E-state index < -0.39 is 10.0 Å². The van der Waals surface area contributed by atoms with Crippen LogP contribution in [0.3, 0.4) is 0 Å². The van der Waals surface area contributed by atoms with Crippen molar-refractivity contribution in [3.8, 4) is 11.5 Å². The number of nitrogens with one attached hydrogen (secondary N) is 1. The summed E-state index contributed by atoms with van der Waals surface area (Å²) >= 11 is 0. The van der Waals surface area contributed by atoms with Crippen molar-refractivity contribution in [2.24, 2.45) is 0 Å². The van der Waals surface area contributed by atoms with Crippen LogP contribution in [-0.2, 0) is 14.8 Å². The molecule has 27 heavy (non-hydrogen) atoms. The maximum Gasteiger partial charge on any atom is 0.232 e. The fourth-order valence-corrected chi connectivity index (χ4v) is 4.31. The van der Waals surface area contributed by atoms with Crippen LogP contribution >= 0.6 is 0 Å². The Morgan fingerprint density at radius 1 is 1.15 bits per heavy atom. The van der Waals surface area contributed by atoms with Crippen LogP contribution in [0, 0.1) is 0 Å². The zero-order chi connectivity index (χ0) is 19.9. The van der Waals surface area contributed by atoms with Gasteiger partial charge in [-0.2, -0.15) is 0 Å². The molecule has 2 rings (SSSR count). The largest absolute Gasteiger partial charge is 0.497 e. The maximum absolute atomic E-state index is 12.4. The average Bonchev–Trinajstić information content (AvgIpc) is 2.89. The predicted molar refractivity (Wildman–Crippen MR) is 106 cm³/mol.